The van der Waals surface area contributed by atoms with Crippen LogP contribution in [0.3, 0.4) is 0 Å². The Morgan fingerprint density at radius 2 is 2.04 bits per heavy atom. The van der Waals surface area contributed by atoms with Gasteiger partial charge < -0.3 is 10.1 Å². The van der Waals surface area contributed by atoms with Gasteiger partial charge in [0, 0.05) is 12.8 Å². The number of nitrogens with one attached hydrogen (secondary N) is 1. The third kappa shape index (κ3) is 4.10. The van der Waals surface area contributed by atoms with Gasteiger partial charge >= 0.3 is 0 Å². The highest BCUT2D eigenvalue weighted by atomic mass is 16.5. The van der Waals surface area contributed by atoms with Crippen molar-refractivity contribution in [3.63, 3.8) is 0 Å². The summed E-state index contributed by atoms with van der Waals surface area (Å²) < 4.78 is 5.63. The van der Waals surface area contributed by atoms with Crippen molar-refractivity contribution in [1.82, 2.24) is 15.3 Å². The smallest absolute Gasteiger partial charge is 0.224 e. The van der Waals surface area contributed by atoms with Gasteiger partial charge in [0.1, 0.15) is 6.10 Å². The first-order valence-corrected chi connectivity index (χ1v) is 9.59. The Labute approximate surface area is 154 Å². The highest BCUT2D eigenvalue weighted by Crippen LogP contribution is 2.25. The molecule has 1 aromatic carbocycles. The Hall–Kier alpha value is -2.27. The molecule has 0 radical (unpaired) electrons. The van der Waals surface area contributed by atoms with Gasteiger partial charge in [-0.1, -0.05) is 18.2 Å². The Morgan fingerprint density at radius 3 is 2.88 bits per heavy atom. The largest absolute Gasteiger partial charge is 0.370 e. The molecule has 0 bridgehead atoms. The van der Waals surface area contributed by atoms with Gasteiger partial charge in [0.15, 0.2) is 5.82 Å². The molecule has 0 saturated carbocycles. The van der Waals surface area contributed by atoms with Crippen LogP contribution in [0.5, 0.6) is 0 Å². The predicted octanol–water partition coefficient (Wildman–Crippen LogP) is 3.07. The van der Waals surface area contributed by atoms with Crippen LogP contribution in [0.15, 0.2) is 30.5 Å². The first-order chi connectivity index (χ1) is 12.8. The second kappa shape index (κ2) is 7.96. The standard InChI is InChI=1S/C21H25N3O2/c25-20(13-15-7-8-16-4-1-2-5-17(16)12-15)23-14-18-9-10-22-21(24-18)19-6-3-11-26-19/h7-10,12,19H,1-6,11,13-14H2,(H,23,25). The van der Waals surface area contributed by atoms with Crippen molar-refractivity contribution in [3.05, 3.63) is 58.7 Å². The number of ether oxygens (including phenoxy) is 1. The number of carbonyl (C=O) groups excluding carboxylic acids is 1. The molecule has 1 N–H and O–H groups in total. The second-order valence-corrected chi connectivity index (χ2v) is 7.17. The van der Waals surface area contributed by atoms with Gasteiger partial charge in [-0.05, 0) is 61.3 Å². The van der Waals surface area contributed by atoms with Crippen molar-refractivity contribution in [2.75, 3.05) is 6.61 Å². The van der Waals surface area contributed by atoms with Gasteiger partial charge in [-0.3, -0.25) is 4.79 Å². The van der Waals surface area contributed by atoms with Crippen molar-refractivity contribution in [3.8, 4) is 0 Å². The molecule has 1 atom stereocenters. The number of aryl methyl sites for hydroxylation is 2. The maximum atomic E-state index is 12.3. The summed E-state index contributed by atoms with van der Waals surface area (Å²) in [6, 6.07) is 8.32. The number of amides is 1. The maximum Gasteiger partial charge on any atom is 0.224 e. The molecule has 2 aliphatic rings. The van der Waals surface area contributed by atoms with Crippen LogP contribution in [-0.2, 0) is 35.3 Å². The first-order valence-electron chi connectivity index (χ1n) is 9.59. The number of carbonyl (C=O) groups is 1. The van der Waals surface area contributed by atoms with E-state index in [-0.39, 0.29) is 12.0 Å². The lowest BCUT2D eigenvalue weighted by atomic mass is 9.90. The van der Waals surface area contributed by atoms with E-state index < -0.39 is 0 Å². The predicted molar refractivity (Wildman–Crippen MR) is 98.6 cm³/mol. The highest BCUT2D eigenvalue weighted by Gasteiger charge is 2.20. The lowest BCUT2D eigenvalue weighted by molar-refractivity contribution is -0.120. The van der Waals surface area contributed by atoms with Gasteiger partial charge in [-0.25, -0.2) is 9.97 Å². The summed E-state index contributed by atoms with van der Waals surface area (Å²) in [5.41, 5.74) is 4.77. The number of aromatic nitrogens is 2. The van der Waals surface area contributed by atoms with Gasteiger partial charge in [0.25, 0.3) is 0 Å². The third-order valence-electron chi connectivity index (χ3n) is 5.19. The van der Waals surface area contributed by atoms with E-state index in [9.17, 15) is 4.79 Å². The normalized spacial score (nSPS) is 19.2. The van der Waals surface area contributed by atoms with Crippen LogP contribution in [0.25, 0.3) is 0 Å². The number of benzene rings is 1. The molecule has 1 saturated heterocycles. The molecule has 1 aliphatic carbocycles. The van der Waals surface area contributed by atoms with Gasteiger partial charge in [0.05, 0.1) is 18.7 Å². The Balaban J connectivity index is 1.33. The molecule has 1 amide bonds. The first kappa shape index (κ1) is 17.2. The second-order valence-electron chi connectivity index (χ2n) is 7.17. The minimum atomic E-state index is 0.00106. The molecule has 1 aromatic heterocycles. The molecule has 5 heteroatoms. The average Bonchev–Trinajstić information content (AvgIpc) is 3.21. The molecule has 1 fully saturated rings. The number of fused-ring (bicyclic) bond motifs is 1. The van der Waals surface area contributed by atoms with Crippen molar-refractivity contribution >= 4 is 5.91 Å². The van der Waals surface area contributed by atoms with E-state index in [1.54, 1.807) is 6.20 Å². The lowest BCUT2D eigenvalue weighted by Crippen LogP contribution is -2.25. The zero-order chi connectivity index (χ0) is 17.8. The fraction of sp³-hybridized carbons (Fsp3) is 0.476. The van der Waals surface area contributed by atoms with Gasteiger partial charge in [-0.2, -0.15) is 0 Å². The SMILES string of the molecule is O=C(Cc1ccc2c(c1)CCCC2)NCc1ccnc(C2CCCO2)n1. The molecule has 1 unspecified atom stereocenters. The van der Waals surface area contributed by atoms with Gasteiger partial charge in [0.2, 0.25) is 5.91 Å². The summed E-state index contributed by atoms with van der Waals surface area (Å²) in [4.78, 5) is 21.2. The Bertz CT molecular complexity index is 785. The average molecular weight is 351 g/mol. The van der Waals surface area contributed by atoms with E-state index in [1.165, 1.54) is 30.4 Å². The minimum absolute atomic E-state index is 0.00106. The van der Waals surface area contributed by atoms with E-state index in [1.807, 2.05) is 6.07 Å². The molecule has 5 nitrogen and oxygen atoms in total. The Kier molecular flexibility index (Phi) is 5.25. The van der Waals surface area contributed by atoms with Crippen molar-refractivity contribution < 1.29 is 9.53 Å². The summed E-state index contributed by atoms with van der Waals surface area (Å²) in [5, 5.41) is 2.98. The number of hydrogen-bond acceptors (Lipinski definition) is 4. The van der Waals surface area contributed by atoms with Crippen LogP contribution in [-0.4, -0.2) is 22.5 Å². The lowest BCUT2D eigenvalue weighted by Gasteiger charge is -2.16. The number of nitrogens with zero attached hydrogens (tertiary/aromatic N) is 2. The monoisotopic (exact) mass is 351 g/mol. The van der Waals surface area contributed by atoms with Crippen molar-refractivity contribution in [2.45, 2.75) is 57.6 Å². The third-order valence-corrected chi connectivity index (χ3v) is 5.19. The van der Waals surface area contributed by atoms with Gasteiger partial charge in [-0.15, -0.1) is 0 Å². The van der Waals surface area contributed by atoms with Crippen LogP contribution < -0.4 is 5.32 Å². The Morgan fingerprint density at radius 1 is 1.15 bits per heavy atom. The zero-order valence-corrected chi connectivity index (χ0v) is 15.0. The molecule has 26 heavy (non-hydrogen) atoms. The van der Waals surface area contributed by atoms with Crippen LogP contribution in [0, 0.1) is 0 Å². The van der Waals surface area contributed by atoms with E-state index in [0.29, 0.717) is 13.0 Å². The summed E-state index contributed by atoms with van der Waals surface area (Å²) in [6.45, 7) is 1.20. The summed E-state index contributed by atoms with van der Waals surface area (Å²) >= 11 is 0. The number of hydrogen-bond donors (Lipinski definition) is 1. The van der Waals surface area contributed by atoms with E-state index in [4.69, 9.17) is 4.74 Å². The number of rotatable bonds is 5. The van der Waals surface area contributed by atoms with Crippen LogP contribution in [0.1, 0.15) is 60.0 Å². The molecular formula is C21H25N3O2. The summed E-state index contributed by atoms with van der Waals surface area (Å²) in [7, 11) is 0. The minimum Gasteiger partial charge on any atom is -0.370 e. The molecule has 2 heterocycles. The molecule has 1 aliphatic heterocycles. The van der Waals surface area contributed by atoms with Crippen LogP contribution >= 0.6 is 0 Å². The quantitative estimate of drug-likeness (QED) is 0.899. The summed E-state index contributed by atoms with van der Waals surface area (Å²) in [6.07, 6.45) is 9.01. The van der Waals surface area contributed by atoms with E-state index in [0.717, 1.165) is 43.0 Å². The van der Waals surface area contributed by atoms with Crippen molar-refractivity contribution in [2.24, 2.45) is 0 Å². The molecule has 0 spiro atoms. The van der Waals surface area contributed by atoms with E-state index in [2.05, 4.69) is 33.5 Å². The van der Waals surface area contributed by atoms with Crippen molar-refractivity contribution in [1.29, 1.82) is 0 Å². The molecule has 136 valence electrons. The molecular weight excluding hydrogens is 326 g/mol. The fourth-order valence-corrected chi connectivity index (χ4v) is 3.78. The topological polar surface area (TPSA) is 64.1 Å². The fourth-order valence-electron chi connectivity index (χ4n) is 3.78. The zero-order valence-electron chi connectivity index (χ0n) is 15.0. The van der Waals surface area contributed by atoms with Crippen LogP contribution in [0.4, 0.5) is 0 Å². The molecule has 2 aromatic rings. The van der Waals surface area contributed by atoms with E-state index >= 15 is 0 Å². The maximum absolute atomic E-state index is 12.3. The van der Waals surface area contributed by atoms with Crippen LogP contribution in [0.2, 0.25) is 0 Å². The molecule has 4 rings (SSSR count). The summed E-state index contributed by atoms with van der Waals surface area (Å²) in [5.74, 6) is 0.752. The highest BCUT2D eigenvalue weighted by molar-refractivity contribution is 5.78.